The first kappa shape index (κ1) is 28.7. The van der Waals surface area contributed by atoms with Gasteiger partial charge in [-0.1, -0.05) is 42.5 Å². The largest absolute Gasteiger partial charge is 0.490 e. The number of carboxylic acid groups (broad SMARTS) is 1. The summed E-state index contributed by atoms with van der Waals surface area (Å²) in [5.74, 6) is -2.58. The number of carboxylic acids is 1. The van der Waals surface area contributed by atoms with E-state index in [1.807, 2.05) is 30.3 Å². The number of nitrogens with two attached hydrogens (primary N) is 1. The SMILES string of the molecule is C[C@@H](NC(=O)c1cc(-c2nnc([C@](C)(N)Cc3ccccc3)o2)cc(C2(C)OC=CC2C(=O)O)c1)c1ccc(F)cc1. The van der Waals surface area contributed by atoms with E-state index in [0.717, 1.165) is 5.56 Å². The summed E-state index contributed by atoms with van der Waals surface area (Å²) in [6.45, 7) is 5.21. The van der Waals surface area contributed by atoms with Gasteiger partial charge in [0.2, 0.25) is 11.8 Å². The van der Waals surface area contributed by atoms with Gasteiger partial charge >= 0.3 is 5.97 Å². The Balaban J connectivity index is 1.51. The fourth-order valence-corrected chi connectivity index (χ4v) is 5.03. The fraction of sp³-hybridized carbons (Fsp3) is 0.250. The normalized spacial score (nSPS) is 20.0. The van der Waals surface area contributed by atoms with Crippen molar-refractivity contribution >= 4 is 11.9 Å². The second kappa shape index (κ2) is 11.2. The summed E-state index contributed by atoms with van der Waals surface area (Å²) in [5.41, 5.74) is 7.05. The van der Waals surface area contributed by atoms with Gasteiger partial charge in [0.1, 0.15) is 17.3 Å². The van der Waals surface area contributed by atoms with Crippen LogP contribution in [0.1, 0.15) is 59.8 Å². The van der Waals surface area contributed by atoms with Crippen molar-refractivity contribution in [1.29, 1.82) is 0 Å². The summed E-state index contributed by atoms with van der Waals surface area (Å²) in [7, 11) is 0. The van der Waals surface area contributed by atoms with Gasteiger partial charge < -0.3 is 25.3 Å². The maximum Gasteiger partial charge on any atom is 0.314 e. The van der Waals surface area contributed by atoms with E-state index in [0.29, 0.717) is 23.1 Å². The van der Waals surface area contributed by atoms with Crippen LogP contribution in [0.2, 0.25) is 0 Å². The van der Waals surface area contributed by atoms with E-state index < -0.39 is 35.0 Å². The molecule has 0 fully saturated rings. The summed E-state index contributed by atoms with van der Waals surface area (Å²) in [4.78, 5) is 25.6. The third kappa shape index (κ3) is 5.80. The van der Waals surface area contributed by atoms with Crippen molar-refractivity contribution in [3.63, 3.8) is 0 Å². The molecule has 4 N–H and O–H groups in total. The number of aromatic nitrogens is 2. The summed E-state index contributed by atoms with van der Waals surface area (Å²) < 4.78 is 25.2. The van der Waals surface area contributed by atoms with Crippen molar-refractivity contribution in [3.8, 4) is 11.5 Å². The van der Waals surface area contributed by atoms with Crippen LogP contribution in [0.15, 0.2) is 89.6 Å². The van der Waals surface area contributed by atoms with Gasteiger partial charge in [0, 0.05) is 11.1 Å². The van der Waals surface area contributed by atoms with E-state index >= 15 is 0 Å². The van der Waals surface area contributed by atoms with Gasteiger partial charge in [-0.25, -0.2) is 4.39 Å². The molecular formula is C32H31FN4O5. The second-order valence-electron chi connectivity index (χ2n) is 10.9. The molecule has 1 aromatic heterocycles. The molecule has 0 saturated carbocycles. The molecule has 0 aliphatic carbocycles. The summed E-state index contributed by atoms with van der Waals surface area (Å²) in [6, 6.07) is 19.9. The number of halogens is 1. The molecule has 216 valence electrons. The lowest BCUT2D eigenvalue weighted by Gasteiger charge is -2.29. The molecule has 2 heterocycles. The van der Waals surface area contributed by atoms with Crippen LogP contribution in [0.25, 0.3) is 11.5 Å². The van der Waals surface area contributed by atoms with E-state index in [1.54, 1.807) is 51.1 Å². The predicted octanol–water partition coefficient (Wildman–Crippen LogP) is 5.24. The molecule has 5 rings (SSSR count). The fourth-order valence-electron chi connectivity index (χ4n) is 5.03. The Labute approximate surface area is 242 Å². The van der Waals surface area contributed by atoms with Crippen LogP contribution < -0.4 is 11.1 Å². The van der Waals surface area contributed by atoms with Crippen molar-refractivity contribution in [1.82, 2.24) is 15.5 Å². The zero-order valence-corrected chi connectivity index (χ0v) is 23.4. The number of carbonyl (C=O) groups is 2. The molecule has 0 radical (unpaired) electrons. The van der Waals surface area contributed by atoms with Gasteiger partial charge in [-0.05, 0) is 80.3 Å². The lowest BCUT2D eigenvalue weighted by Crippen LogP contribution is -2.35. The topological polar surface area (TPSA) is 141 Å². The number of hydrogen-bond acceptors (Lipinski definition) is 7. The molecule has 10 heteroatoms. The maximum absolute atomic E-state index is 13.5. The van der Waals surface area contributed by atoms with Crippen LogP contribution in [0.5, 0.6) is 0 Å². The van der Waals surface area contributed by atoms with Crippen LogP contribution in [0.3, 0.4) is 0 Å². The highest BCUT2D eigenvalue weighted by atomic mass is 19.1. The first-order valence-electron chi connectivity index (χ1n) is 13.4. The molecule has 1 amide bonds. The van der Waals surface area contributed by atoms with Crippen molar-refractivity contribution in [2.24, 2.45) is 11.7 Å². The van der Waals surface area contributed by atoms with Gasteiger partial charge in [-0.15, -0.1) is 10.2 Å². The molecule has 4 atom stereocenters. The number of nitrogens with zero attached hydrogens (tertiary/aromatic N) is 2. The van der Waals surface area contributed by atoms with E-state index in [4.69, 9.17) is 14.9 Å². The number of ether oxygens (including phenoxy) is 1. The number of nitrogens with one attached hydrogen (secondary N) is 1. The van der Waals surface area contributed by atoms with Crippen molar-refractivity contribution in [2.75, 3.05) is 0 Å². The lowest BCUT2D eigenvalue weighted by atomic mass is 9.82. The Kier molecular flexibility index (Phi) is 7.66. The van der Waals surface area contributed by atoms with Gasteiger partial charge in [0.25, 0.3) is 5.91 Å². The molecule has 4 aromatic rings. The molecule has 42 heavy (non-hydrogen) atoms. The number of amides is 1. The van der Waals surface area contributed by atoms with Gasteiger partial charge in [-0.3, -0.25) is 9.59 Å². The zero-order chi connectivity index (χ0) is 30.1. The van der Waals surface area contributed by atoms with E-state index in [2.05, 4.69) is 15.5 Å². The summed E-state index contributed by atoms with van der Waals surface area (Å²) in [6.07, 6.45) is 3.25. The maximum atomic E-state index is 13.5. The molecule has 3 aromatic carbocycles. The molecule has 9 nitrogen and oxygen atoms in total. The second-order valence-corrected chi connectivity index (χ2v) is 10.9. The molecule has 0 spiro atoms. The quantitative estimate of drug-likeness (QED) is 0.248. The Morgan fingerprint density at radius 2 is 1.83 bits per heavy atom. The third-order valence-electron chi connectivity index (χ3n) is 7.50. The molecular weight excluding hydrogens is 539 g/mol. The van der Waals surface area contributed by atoms with Crippen LogP contribution in [0, 0.1) is 11.7 Å². The van der Waals surface area contributed by atoms with Crippen molar-refractivity contribution in [2.45, 2.75) is 44.4 Å². The number of rotatable bonds is 9. The molecule has 1 aliphatic heterocycles. The monoisotopic (exact) mass is 570 g/mol. The van der Waals surface area contributed by atoms with Gasteiger partial charge in [0.15, 0.2) is 0 Å². The Morgan fingerprint density at radius 1 is 1.12 bits per heavy atom. The summed E-state index contributed by atoms with van der Waals surface area (Å²) >= 11 is 0. The lowest BCUT2D eigenvalue weighted by molar-refractivity contribution is -0.146. The highest BCUT2D eigenvalue weighted by Gasteiger charge is 2.45. The van der Waals surface area contributed by atoms with Gasteiger partial charge in [0.05, 0.1) is 17.8 Å². The minimum absolute atomic E-state index is 0.110. The zero-order valence-electron chi connectivity index (χ0n) is 23.4. The van der Waals surface area contributed by atoms with E-state index in [9.17, 15) is 19.1 Å². The standard InChI is InChI=1S/C32H31FN4O5/c1-19(21-9-11-25(33)12-10-21)35-27(38)22-15-23(17-24(16-22)32(3)26(29(39)40)13-14-41-32)28-36-37-30(42-28)31(2,34)18-20-7-5-4-6-8-20/h4-17,19,26H,18,34H2,1-3H3,(H,35,38)(H,39,40)/t19-,26?,31-,32?/m1/s1. The summed E-state index contributed by atoms with van der Waals surface area (Å²) in [5, 5.41) is 21.2. The molecule has 2 unspecified atom stereocenters. The van der Waals surface area contributed by atoms with Crippen LogP contribution in [-0.2, 0) is 27.1 Å². The van der Waals surface area contributed by atoms with Crippen LogP contribution in [0.4, 0.5) is 4.39 Å². The average Bonchev–Trinajstić information content (AvgIpc) is 3.62. The van der Waals surface area contributed by atoms with Crippen LogP contribution in [-0.4, -0.2) is 27.2 Å². The first-order valence-corrected chi connectivity index (χ1v) is 13.4. The number of benzene rings is 3. The minimum Gasteiger partial charge on any atom is -0.490 e. The number of carbonyl (C=O) groups excluding carboxylic acids is 1. The third-order valence-corrected chi connectivity index (χ3v) is 7.50. The Bertz CT molecular complexity index is 1630. The number of hydrogen-bond donors (Lipinski definition) is 3. The predicted molar refractivity (Wildman–Crippen MR) is 152 cm³/mol. The molecule has 0 bridgehead atoms. The minimum atomic E-state index is -1.31. The van der Waals surface area contributed by atoms with Crippen molar-refractivity contribution < 1.29 is 28.2 Å². The Morgan fingerprint density at radius 3 is 2.52 bits per heavy atom. The molecule has 1 aliphatic rings. The first-order chi connectivity index (χ1) is 20.0. The van der Waals surface area contributed by atoms with E-state index in [-0.39, 0.29) is 23.2 Å². The molecule has 0 saturated heterocycles. The van der Waals surface area contributed by atoms with E-state index in [1.165, 1.54) is 24.5 Å². The van der Waals surface area contributed by atoms with Crippen LogP contribution >= 0.6 is 0 Å². The number of aliphatic carboxylic acids is 1. The van der Waals surface area contributed by atoms with Crippen molar-refractivity contribution in [3.05, 3.63) is 119 Å². The highest BCUT2D eigenvalue weighted by Crippen LogP contribution is 2.41. The highest BCUT2D eigenvalue weighted by molar-refractivity contribution is 5.96. The van der Waals surface area contributed by atoms with Gasteiger partial charge in [-0.2, -0.15) is 0 Å². The average molecular weight is 571 g/mol. The smallest absolute Gasteiger partial charge is 0.314 e. The Hall–Kier alpha value is -4.83.